The molecule has 0 spiro atoms. The summed E-state index contributed by atoms with van der Waals surface area (Å²) in [6.07, 6.45) is -3.06. The van der Waals surface area contributed by atoms with E-state index in [0.717, 1.165) is 6.07 Å². The van der Waals surface area contributed by atoms with Gasteiger partial charge in [-0.1, -0.05) is 26.0 Å². The zero-order valence-electron chi connectivity index (χ0n) is 18.4. The second-order valence-electron chi connectivity index (χ2n) is 9.30. The summed E-state index contributed by atoms with van der Waals surface area (Å²) in [5, 5.41) is 0. The first kappa shape index (κ1) is 23.5. The van der Waals surface area contributed by atoms with E-state index in [1.165, 1.54) is 12.1 Å². The van der Waals surface area contributed by atoms with Gasteiger partial charge in [-0.2, -0.15) is 0 Å². The van der Waals surface area contributed by atoms with E-state index in [-0.39, 0.29) is 35.7 Å². The van der Waals surface area contributed by atoms with Crippen LogP contribution in [0.4, 0.5) is 18.0 Å². The van der Waals surface area contributed by atoms with Crippen LogP contribution in [0.15, 0.2) is 18.2 Å². The molecule has 2 rings (SSSR count). The van der Waals surface area contributed by atoms with Crippen molar-refractivity contribution in [1.29, 1.82) is 0 Å². The predicted molar refractivity (Wildman–Crippen MR) is 108 cm³/mol. The quantitative estimate of drug-likeness (QED) is 0.625. The van der Waals surface area contributed by atoms with Gasteiger partial charge in [0.05, 0.1) is 0 Å². The Labute approximate surface area is 172 Å². The van der Waals surface area contributed by atoms with Crippen LogP contribution in [0.2, 0.25) is 0 Å². The summed E-state index contributed by atoms with van der Waals surface area (Å²) in [5.74, 6) is -0.555. The lowest BCUT2D eigenvalue weighted by molar-refractivity contribution is -0.0263. The minimum Gasteiger partial charge on any atom is -0.444 e. The fourth-order valence-electron chi connectivity index (χ4n) is 3.96. The number of ether oxygens (including phenoxy) is 1. The standard InChI is InChI=1S/C22H33F3N2O2/c1-13(2)19(17-9-8-16(20(24)25)10-18(17)23)26-11-15(4)27(12-14(26)3)21(28)29-22(5,6)7/h8-10,13-15,19-20H,11-12H2,1-7H3/t14-,15+,19?/m1/s1. The third-order valence-electron chi connectivity index (χ3n) is 5.25. The predicted octanol–water partition coefficient (Wildman–Crippen LogP) is 5.79. The highest BCUT2D eigenvalue weighted by Crippen LogP contribution is 2.36. The summed E-state index contributed by atoms with van der Waals surface area (Å²) in [6.45, 7) is 14.4. The molecular weight excluding hydrogens is 381 g/mol. The average molecular weight is 415 g/mol. The van der Waals surface area contributed by atoms with E-state index in [2.05, 4.69) is 4.90 Å². The van der Waals surface area contributed by atoms with Gasteiger partial charge in [0.15, 0.2) is 0 Å². The zero-order valence-corrected chi connectivity index (χ0v) is 18.4. The summed E-state index contributed by atoms with van der Waals surface area (Å²) >= 11 is 0. The Morgan fingerprint density at radius 1 is 1.14 bits per heavy atom. The summed E-state index contributed by atoms with van der Waals surface area (Å²) in [6, 6.07) is 3.26. The Balaban J connectivity index is 2.26. The first-order chi connectivity index (χ1) is 13.3. The summed E-state index contributed by atoms with van der Waals surface area (Å²) < 4.78 is 46.1. The highest BCUT2D eigenvalue weighted by atomic mass is 19.3. The fourth-order valence-corrected chi connectivity index (χ4v) is 3.96. The number of hydrogen-bond donors (Lipinski definition) is 0. The zero-order chi connectivity index (χ0) is 22.1. The van der Waals surface area contributed by atoms with Crippen molar-refractivity contribution in [3.63, 3.8) is 0 Å². The van der Waals surface area contributed by atoms with E-state index in [9.17, 15) is 18.0 Å². The van der Waals surface area contributed by atoms with Gasteiger partial charge in [0, 0.05) is 42.3 Å². The molecule has 1 unspecified atom stereocenters. The van der Waals surface area contributed by atoms with Gasteiger partial charge in [0.1, 0.15) is 11.4 Å². The van der Waals surface area contributed by atoms with Crippen LogP contribution in [0.3, 0.4) is 0 Å². The van der Waals surface area contributed by atoms with E-state index in [4.69, 9.17) is 4.74 Å². The minimum absolute atomic E-state index is 0.0414. The van der Waals surface area contributed by atoms with Crippen LogP contribution in [-0.2, 0) is 4.74 Å². The first-order valence-corrected chi connectivity index (χ1v) is 10.1. The van der Waals surface area contributed by atoms with E-state index in [0.29, 0.717) is 18.7 Å². The van der Waals surface area contributed by atoms with Crippen molar-refractivity contribution in [2.24, 2.45) is 5.92 Å². The molecule has 1 aliphatic heterocycles. The number of alkyl halides is 2. The number of amides is 1. The van der Waals surface area contributed by atoms with Crippen LogP contribution >= 0.6 is 0 Å². The highest BCUT2D eigenvalue weighted by Gasteiger charge is 2.39. The number of rotatable bonds is 4. The highest BCUT2D eigenvalue weighted by molar-refractivity contribution is 5.68. The number of halogens is 3. The molecule has 7 heteroatoms. The first-order valence-electron chi connectivity index (χ1n) is 10.1. The Morgan fingerprint density at radius 3 is 2.24 bits per heavy atom. The Kier molecular flexibility index (Phi) is 7.25. The van der Waals surface area contributed by atoms with Crippen LogP contribution in [0.5, 0.6) is 0 Å². The largest absolute Gasteiger partial charge is 0.444 e. The van der Waals surface area contributed by atoms with Gasteiger partial charge in [0.25, 0.3) is 6.43 Å². The van der Waals surface area contributed by atoms with Crippen molar-refractivity contribution in [2.45, 2.75) is 78.6 Å². The summed E-state index contributed by atoms with van der Waals surface area (Å²) in [5.41, 5.74) is -0.480. The average Bonchev–Trinajstić information content (AvgIpc) is 2.57. The number of piperazine rings is 1. The monoisotopic (exact) mass is 414 g/mol. The van der Waals surface area contributed by atoms with Crippen LogP contribution in [0.1, 0.15) is 72.1 Å². The molecule has 1 saturated heterocycles. The molecule has 1 aromatic rings. The molecule has 0 radical (unpaired) electrons. The van der Waals surface area contributed by atoms with Gasteiger partial charge in [-0.25, -0.2) is 18.0 Å². The molecule has 3 atom stereocenters. The molecule has 0 aliphatic carbocycles. The Morgan fingerprint density at radius 2 is 1.76 bits per heavy atom. The molecule has 0 bridgehead atoms. The van der Waals surface area contributed by atoms with Crippen molar-refractivity contribution < 1.29 is 22.7 Å². The van der Waals surface area contributed by atoms with Crippen LogP contribution in [0, 0.1) is 11.7 Å². The van der Waals surface area contributed by atoms with Crippen molar-refractivity contribution in [3.05, 3.63) is 35.1 Å². The number of carbonyl (C=O) groups excluding carboxylic acids is 1. The summed E-state index contributed by atoms with van der Waals surface area (Å²) in [4.78, 5) is 16.4. The van der Waals surface area contributed by atoms with Crippen LogP contribution in [0.25, 0.3) is 0 Å². The van der Waals surface area contributed by atoms with Gasteiger partial charge in [-0.05, 0) is 46.6 Å². The van der Waals surface area contributed by atoms with Gasteiger partial charge >= 0.3 is 6.09 Å². The van der Waals surface area contributed by atoms with Crippen molar-refractivity contribution in [1.82, 2.24) is 9.80 Å². The second kappa shape index (κ2) is 8.94. The molecule has 0 N–H and O–H groups in total. The fraction of sp³-hybridized carbons (Fsp3) is 0.682. The van der Waals surface area contributed by atoms with Crippen LogP contribution in [-0.4, -0.2) is 46.7 Å². The minimum atomic E-state index is -2.70. The van der Waals surface area contributed by atoms with Crippen molar-refractivity contribution in [2.75, 3.05) is 13.1 Å². The van der Waals surface area contributed by atoms with Gasteiger partial charge in [-0.15, -0.1) is 0 Å². The molecule has 4 nitrogen and oxygen atoms in total. The van der Waals surface area contributed by atoms with E-state index in [1.807, 2.05) is 48.5 Å². The van der Waals surface area contributed by atoms with E-state index in [1.54, 1.807) is 4.90 Å². The number of benzene rings is 1. The molecule has 0 aromatic heterocycles. The molecule has 1 amide bonds. The van der Waals surface area contributed by atoms with E-state index >= 15 is 0 Å². The van der Waals surface area contributed by atoms with Crippen molar-refractivity contribution >= 4 is 6.09 Å². The van der Waals surface area contributed by atoms with Crippen LogP contribution < -0.4 is 0 Å². The lowest BCUT2D eigenvalue weighted by Crippen LogP contribution is -2.59. The molecule has 1 aromatic carbocycles. The SMILES string of the molecule is CC(C)C(c1ccc(C(F)F)cc1F)N1C[C@H](C)N(C(=O)OC(C)(C)C)C[C@H]1C. The van der Waals surface area contributed by atoms with Gasteiger partial charge in [0.2, 0.25) is 0 Å². The van der Waals surface area contributed by atoms with Gasteiger partial charge < -0.3 is 9.64 Å². The molecule has 29 heavy (non-hydrogen) atoms. The molecule has 0 saturated carbocycles. The maximum absolute atomic E-state index is 14.7. The summed E-state index contributed by atoms with van der Waals surface area (Å²) in [7, 11) is 0. The Hall–Kier alpha value is -1.76. The number of carbonyl (C=O) groups is 1. The second-order valence-corrected chi connectivity index (χ2v) is 9.30. The molecule has 1 aliphatic rings. The maximum atomic E-state index is 14.7. The Bertz CT molecular complexity index is 718. The van der Waals surface area contributed by atoms with Crippen molar-refractivity contribution in [3.8, 4) is 0 Å². The number of hydrogen-bond acceptors (Lipinski definition) is 3. The smallest absolute Gasteiger partial charge is 0.410 e. The maximum Gasteiger partial charge on any atom is 0.410 e. The molecular formula is C22H33F3N2O2. The lowest BCUT2D eigenvalue weighted by atomic mass is 9.90. The lowest BCUT2D eigenvalue weighted by Gasteiger charge is -2.48. The van der Waals surface area contributed by atoms with E-state index < -0.39 is 17.8 Å². The number of nitrogens with zero attached hydrogens (tertiary/aromatic N) is 2. The molecule has 1 heterocycles. The van der Waals surface area contributed by atoms with Gasteiger partial charge in [-0.3, -0.25) is 4.90 Å². The third-order valence-corrected chi connectivity index (χ3v) is 5.25. The molecule has 164 valence electrons. The normalized spacial score (nSPS) is 22.3. The topological polar surface area (TPSA) is 32.8 Å². The molecule has 1 fully saturated rings. The third kappa shape index (κ3) is 5.65.